The van der Waals surface area contributed by atoms with Crippen molar-refractivity contribution in [2.45, 2.75) is 46.8 Å². The van der Waals surface area contributed by atoms with Gasteiger partial charge in [-0.1, -0.05) is 12.1 Å². The van der Waals surface area contributed by atoms with Gasteiger partial charge in [-0.15, -0.1) is 0 Å². The number of piperazine rings is 1. The first-order chi connectivity index (χ1) is 14.2. The van der Waals surface area contributed by atoms with E-state index >= 15 is 0 Å². The summed E-state index contributed by atoms with van der Waals surface area (Å²) in [5, 5.41) is 0. The second-order valence-corrected chi connectivity index (χ2v) is 8.29. The van der Waals surface area contributed by atoms with Crippen LogP contribution in [0.3, 0.4) is 0 Å². The maximum Gasteiger partial charge on any atom is 0.410 e. The molecule has 0 bridgehead atoms. The van der Waals surface area contributed by atoms with Crippen molar-refractivity contribution in [1.82, 2.24) is 9.80 Å². The summed E-state index contributed by atoms with van der Waals surface area (Å²) in [5.41, 5.74) is 7.83. The van der Waals surface area contributed by atoms with Crippen LogP contribution in [0.1, 0.15) is 38.8 Å². The lowest BCUT2D eigenvalue weighted by Crippen LogP contribution is -2.53. The van der Waals surface area contributed by atoms with Gasteiger partial charge in [0, 0.05) is 38.3 Å². The zero-order valence-electron chi connectivity index (χ0n) is 18.9. The number of hydrogen-bond donors (Lipinski definition) is 1. The molecule has 0 atom stereocenters. The molecule has 0 aliphatic carbocycles. The first-order valence-corrected chi connectivity index (χ1v) is 10.5. The molecule has 0 unspecified atom stereocenters. The van der Waals surface area contributed by atoms with E-state index in [2.05, 4.69) is 4.99 Å². The van der Waals surface area contributed by atoms with Crippen LogP contribution >= 0.6 is 0 Å². The van der Waals surface area contributed by atoms with Gasteiger partial charge < -0.3 is 29.7 Å². The SMILES string of the molecule is CCOCCOc1cc(C)ccc1CN=C(N)N1CCN(C(=O)OC(C)(C)C)CC1. The van der Waals surface area contributed by atoms with E-state index in [9.17, 15) is 4.79 Å². The number of carbonyl (C=O) groups is 1. The van der Waals surface area contributed by atoms with Crippen molar-refractivity contribution in [3.8, 4) is 5.75 Å². The number of rotatable bonds is 7. The third-order valence-corrected chi connectivity index (χ3v) is 4.58. The molecule has 1 aromatic carbocycles. The van der Waals surface area contributed by atoms with E-state index in [0.29, 0.717) is 58.5 Å². The highest BCUT2D eigenvalue weighted by Gasteiger charge is 2.26. The van der Waals surface area contributed by atoms with Crippen molar-refractivity contribution >= 4 is 12.1 Å². The highest BCUT2D eigenvalue weighted by molar-refractivity contribution is 5.78. The quantitative estimate of drug-likeness (QED) is 0.414. The van der Waals surface area contributed by atoms with Gasteiger partial charge in [0.15, 0.2) is 5.96 Å². The molecule has 30 heavy (non-hydrogen) atoms. The summed E-state index contributed by atoms with van der Waals surface area (Å²) in [6.07, 6.45) is -0.286. The lowest BCUT2D eigenvalue weighted by molar-refractivity contribution is 0.0186. The fraction of sp³-hybridized carbons (Fsp3) is 0.636. The molecule has 8 heteroatoms. The molecule has 1 heterocycles. The molecule has 1 amide bonds. The van der Waals surface area contributed by atoms with Crippen LogP contribution < -0.4 is 10.5 Å². The van der Waals surface area contributed by atoms with Gasteiger partial charge in [0.25, 0.3) is 0 Å². The number of guanidine groups is 1. The number of aryl methyl sites for hydroxylation is 1. The van der Waals surface area contributed by atoms with Gasteiger partial charge >= 0.3 is 6.09 Å². The Kier molecular flexibility index (Phi) is 8.77. The normalized spacial score (nSPS) is 15.3. The lowest BCUT2D eigenvalue weighted by atomic mass is 10.1. The molecular weight excluding hydrogens is 384 g/mol. The van der Waals surface area contributed by atoms with Gasteiger partial charge in [-0.25, -0.2) is 9.79 Å². The largest absolute Gasteiger partial charge is 0.491 e. The minimum Gasteiger partial charge on any atom is -0.491 e. The van der Waals surface area contributed by atoms with E-state index in [1.807, 2.05) is 57.7 Å². The van der Waals surface area contributed by atoms with E-state index in [-0.39, 0.29) is 6.09 Å². The Balaban J connectivity index is 1.90. The van der Waals surface area contributed by atoms with Crippen LogP contribution in [-0.4, -0.2) is 73.5 Å². The number of amides is 1. The van der Waals surface area contributed by atoms with Crippen LogP contribution in [-0.2, 0) is 16.0 Å². The maximum atomic E-state index is 12.2. The Morgan fingerprint density at radius 2 is 1.80 bits per heavy atom. The van der Waals surface area contributed by atoms with Gasteiger partial charge in [0.05, 0.1) is 13.2 Å². The molecule has 0 aromatic heterocycles. The predicted molar refractivity (Wildman–Crippen MR) is 118 cm³/mol. The third kappa shape index (κ3) is 7.74. The molecular formula is C22H36N4O4. The summed E-state index contributed by atoms with van der Waals surface area (Å²) >= 11 is 0. The van der Waals surface area contributed by atoms with Crippen molar-refractivity contribution in [2.75, 3.05) is 46.0 Å². The minimum atomic E-state index is -0.495. The summed E-state index contributed by atoms with van der Waals surface area (Å²) in [5.74, 6) is 1.28. The summed E-state index contributed by atoms with van der Waals surface area (Å²) in [6.45, 7) is 14.1. The standard InChI is InChI=1S/C22H36N4O4/c1-6-28-13-14-29-19-15-17(2)7-8-18(19)16-24-20(23)25-9-11-26(12-10-25)21(27)30-22(3,4)5/h7-8,15H,6,9-14,16H2,1-5H3,(H2,23,24). The van der Waals surface area contributed by atoms with Gasteiger partial charge in [-0.05, 0) is 46.2 Å². The van der Waals surface area contributed by atoms with E-state index in [1.165, 1.54) is 0 Å². The van der Waals surface area contributed by atoms with Crippen LogP contribution in [0, 0.1) is 6.92 Å². The number of nitrogens with zero attached hydrogens (tertiary/aromatic N) is 3. The van der Waals surface area contributed by atoms with E-state index in [4.69, 9.17) is 19.9 Å². The number of hydrogen-bond acceptors (Lipinski definition) is 5. The zero-order chi connectivity index (χ0) is 22.1. The molecule has 8 nitrogen and oxygen atoms in total. The molecule has 0 radical (unpaired) electrons. The monoisotopic (exact) mass is 420 g/mol. The smallest absolute Gasteiger partial charge is 0.410 e. The van der Waals surface area contributed by atoms with Gasteiger partial charge in [-0.2, -0.15) is 0 Å². The molecule has 1 aromatic rings. The molecule has 2 N–H and O–H groups in total. The molecule has 0 spiro atoms. The second-order valence-electron chi connectivity index (χ2n) is 8.29. The van der Waals surface area contributed by atoms with Gasteiger partial charge in [0.2, 0.25) is 0 Å². The predicted octanol–water partition coefficient (Wildman–Crippen LogP) is 2.78. The number of ether oxygens (including phenoxy) is 3. The van der Waals surface area contributed by atoms with Gasteiger partial charge in [-0.3, -0.25) is 0 Å². The average molecular weight is 421 g/mol. The summed E-state index contributed by atoms with van der Waals surface area (Å²) in [7, 11) is 0. The molecule has 168 valence electrons. The molecule has 1 fully saturated rings. The minimum absolute atomic E-state index is 0.286. The highest BCUT2D eigenvalue weighted by Crippen LogP contribution is 2.21. The van der Waals surface area contributed by atoms with Crippen molar-refractivity contribution in [2.24, 2.45) is 10.7 Å². The Morgan fingerprint density at radius 3 is 2.43 bits per heavy atom. The summed E-state index contributed by atoms with van der Waals surface area (Å²) in [6, 6.07) is 6.06. The lowest BCUT2D eigenvalue weighted by Gasteiger charge is -2.36. The fourth-order valence-electron chi connectivity index (χ4n) is 2.99. The number of benzene rings is 1. The highest BCUT2D eigenvalue weighted by atomic mass is 16.6. The Morgan fingerprint density at radius 1 is 1.13 bits per heavy atom. The Bertz CT molecular complexity index is 722. The topological polar surface area (TPSA) is 89.6 Å². The third-order valence-electron chi connectivity index (χ3n) is 4.58. The molecule has 1 aliphatic rings. The Labute approximate surface area is 180 Å². The first-order valence-electron chi connectivity index (χ1n) is 10.5. The summed E-state index contributed by atoms with van der Waals surface area (Å²) in [4.78, 5) is 20.4. The van der Waals surface area contributed by atoms with Crippen LogP contribution in [0.5, 0.6) is 5.75 Å². The molecule has 2 rings (SSSR count). The second kappa shape index (κ2) is 11.1. The zero-order valence-corrected chi connectivity index (χ0v) is 18.9. The van der Waals surface area contributed by atoms with Crippen LogP contribution in [0.4, 0.5) is 4.79 Å². The van der Waals surface area contributed by atoms with E-state index in [0.717, 1.165) is 16.9 Å². The number of aliphatic imine (C=N–C) groups is 1. The average Bonchev–Trinajstić information content (AvgIpc) is 2.69. The van der Waals surface area contributed by atoms with E-state index < -0.39 is 5.60 Å². The molecule has 0 saturated carbocycles. The molecule has 1 saturated heterocycles. The van der Waals surface area contributed by atoms with Gasteiger partial charge in [0.1, 0.15) is 18.0 Å². The first kappa shape index (κ1) is 23.8. The van der Waals surface area contributed by atoms with Crippen LogP contribution in [0.2, 0.25) is 0 Å². The maximum absolute atomic E-state index is 12.2. The van der Waals surface area contributed by atoms with Crippen LogP contribution in [0.25, 0.3) is 0 Å². The van der Waals surface area contributed by atoms with Crippen molar-refractivity contribution in [3.05, 3.63) is 29.3 Å². The van der Waals surface area contributed by atoms with Crippen molar-refractivity contribution in [1.29, 1.82) is 0 Å². The van der Waals surface area contributed by atoms with Crippen molar-refractivity contribution < 1.29 is 19.0 Å². The number of carbonyl (C=O) groups excluding carboxylic acids is 1. The number of nitrogens with two attached hydrogens (primary N) is 1. The Hall–Kier alpha value is -2.48. The van der Waals surface area contributed by atoms with Crippen molar-refractivity contribution in [3.63, 3.8) is 0 Å². The summed E-state index contributed by atoms with van der Waals surface area (Å²) < 4.78 is 16.6. The van der Waals surface area contributed by atoms with E-state index in [1.54, 1.807) is 4.90 Å². The van der Waals surface area contributed by atoms with Crippen LogP contribution in [0.15, 0.2) is 23.2 Å². The fourth-order valence-corrected chi connectivity index (χ4v) is 2.99. The molecule has 1 aliphatic heterocycles.